The molecule has 0 spiro atoms. The maximum Gasteiger partial charge on any atom is 0.269 e. The first-order chi connectivity index (χ1) is 13.9. The number of nitro benzene ring substituents is 1. The van der Waals surface area contributed by atoms with Crippen molar-refractivity contribution >= 4 is 63.0 Å². The third kappa shape index (κ3) is 5.98. The summed E-state index contributed by atoms with van der Waals surface area (Å²) in [6.07, 6.45) is 0. The van der Waals surface area contributed by atoms with E-state index in [1.807, 2.05) is 0 Å². The summed E-state index contributed by atoms with van der Waals surface area (Å²) < 4.78 is 0.509. The van der Waals surface area contributed by atoms with Crippen molar-refractivity contribution in [1.82, 2.24) is 10.2 Å². The Morgan fingerprint density at radius 2 is 1.76 bits per heavy atom. The number of carbonyl (C=O) groups is 2. The molecular weight excluding hydrogens is 438 g/mol. The van der Waals surface area contributed by atoms with Crippen molar-refractivity contribution in [3.63, 3.8) is 0 Å². The lowest BCUT2D eigenvalue weighted by Gasteiger charge is -2.03. The van der Waals surface area contributed by atoms with Gasteiger partial charge in [-0.15, -0.1) is 10.2 Å². The van der Waals surface area contributed by atoms with Crippen molar-refractivity contribution in [1.29, 1.82) is 0 Å². The van der Waals surface area contributed by atoms with E-state index in [2.05, 4.69) is 20.8 Å². The van der Waals surface area contributed by atoms with Crippen LogP contribution in [-0.4, -0.2) is 32.7 Å². The SMILES string of the molecule is O=C(CSc1nnc(NC(=O)c2ccc(Cl)cc2)s1)Nc1ccc([N+](=O)[O-])cc1. The molecule has 0 saturated heterocycles. The van der Waals surface area contributed by atoms with E-state index in [0.29, 0.717) is 25.7 Å². The highest BCUT2D eigenvalue weighted by Crippen LogP contribution is 2.26. The molecular formula is C17H12ClN5O4S2. The predicted molar refractivity (Wildman–Crippen MR) is 112 cm³/mol. The van der Waals surface area contributed by atoms with Gasteiger partial charge in [0.1, 0.15) is 0 Å². The van der Waals surface area contributed by atoms with Crippen molar-refractivity contribution in [2.24, 2.45) is 0 Å². The van der Waals surface area contributed by atoms with Crippen molar-refractivity contribution in [2.75, 3.05) is 16.4 Å². The highest BCUT2D eigenvalue weighted by Gasteiger charge is 2.12. The van der Waals surface area contributed by atoms with Gasteiger partial charge >= 0.3 is 0 Å². The van der Waals surface area contributed by atoms with Crippen LogP contribution >= 0.6 is 34.7 Å². The molecule has 3 rings (SSSR count). The van der Waals surface area contributed by atoms with E-state index in [1.54, 1.807) is 24.3 Å². The molecule has 1 heterocycles. The normalized spacial score (nSPS) is 10.4. The Balaban J connectivity index is 1.49. The number of aromatic nitrogens is 2. The number of non-ortho nitro benzene ring substituents is 1. The lowest BCUT2D eigenvalue weighted by Crippen LogP contribution is -2.13. The van der Waals surface area contributed by atoms with E-state index >= 15 is 0 Å². The number of thioether (sulfide) groups is 1. The number of benzene rings is 2. The second kappa shape index (κ2) is 9.45. The van der Waals surface area contributed by atoms with Crippen LogP contribution in [-0.2, 0) is 4.79 Å². The first-order valence-corrected chi connectivity index (χ1v) is 10.2. The average molecular weight is 450 g/mol. The van der Waals surface area contributed by atoms with Crippen LogP contribution in [0, 0.1) is 10.1 Å². The van der Waals surface area contributed by atoms with Crippen LogP contribution in [0.3, 0.4) is 0 Å². The van der Waals surface area contributed by atoms with Crippen molar-refractivity contribution in [3.05, 3.63) is 69.2 Å². The van der Waals surface area contributed by atoms with Crippen molar-refractivity contribution in [2.45, 2.75) is 4.34 Å². The quantitative estimate of drug-likeness (QED) is 0.240. The van der Waals surface area contributed by atoms with Gasteiger partial charge in [0.2, 0.25) is 11.0 Å². The monoisotopic (exact) mass is 449 g/mol. The molecule has 0 aliphatic heterocycles. The summed E-state index contributed by atoms with van der Waals surface area (Å²) in [5, 5.41) is 24.5. The molecule has 0 aliphatic carbocycles. The summed E-state index contributed by atoms with van der Waals surface area (Å²) in [6, 6.07) is 11.9. The van der Waals surface area contributed by atoms with Gasteiger partial charge in [0.25, 0.3) is 11.6 Å². The maximum absolute atomic E-state index is 12.1. The van der Waals surface area contributed by atoms with E-state index in [9.17, 15) is 19.7 Å². The summed E-state index contributed by atoms with van der Waals surface area (Å²) in [5.74, 6) is -0.576. The topological polar surface area (TPSA) is 127 Å². The first kappa shape index (κ1) is 20.7. The minimum absolute atomic E-state index is 0.0561. The van der Waals surface area contributed by atoms with Crippen LogP contribution in [0.1, 0.15) is 10.4 Å². The second-order valence-electron chi connectivity index (χ2n) is 5.47. The number of carbonyl (C=O) groups excluding carboxylic acids is 2. The van der Waals surface area contributed by atoms with Crippen LogP contribution in [0.5, 0.6) is 0 Å². The van der Waals surface area contributed by atoms with E-state index in [-0.39, 0.29) is 23.3 Å². The molecule has 0 saturated carbocycles. The van der Waals surface area contributed by atoms with E-state index in [1.165, 1.54) is 24.3 Å². The molecule has 0 fully saturated rings. The van der Waals surface area contributed by atoms with Gasteiger partial charge < -0.3 is 5.32 Å². The Morgan fingerprint density at radius 1 is 1.07 bits per heavy atom. The second-order valence-corrected chi connectivity index (χ2v) is 8.11. The Labute approximate surface area is 177 Å². The summed E-state index contributed by atoms with van der Waals surface area (Å²) >= 11 is 8.09. The molecule has 0 unspecified atom stereocenters. The molecule has 2 aromatic carbocycles. The number of nitrogens with zero attached hydrogens (tertiary/aromatic N) is 3. The van der Waals surface area contributed by atoms with Crippen LogP contribution in [0.25, 0.3) is 0 Å². The number of hydrogen-bond donors (Lipinski definition) is 2. The van der Waals surface area contributed by atoms with Crippen LogP contribution in [0.15, 0.2) is 52.9 Å². The highest BCUT2D eigenvalue weighted by atomic mass is 35.5. The number of nitro groups is 1. The zero-order valence-corrected chi connectivity index (χ0v) is 16.9. The molecule has 148 valence electrons. The Bertz CT molecular complexity index is 1040. The standard InChI is InChI=1S/C17H12ClN5O4S2/c18-11-3-1-10(2-4-11)15(25)20-16-21-22-17(29-16)28-9-14(24)19-12-5-7-13(8-6-12)23(26)27/h1-8H,9H2,(H,19,24)(H,20,21,25). The third-order valence-corrected chi connectivity index (χ3v) is 5.65. The lowest BCUT2D eigenvalue weighted by atomic mass is 10.2. The highest BCUT2D eigenvalue weighted by molar-refractivity contribution is 8.01. The smallest absolute Gasteiger partial charge is 0.269 e. The summed E-state index contributed by atoms with van der Waals surface area (Å²) in [7, 11) is 0. The molecule has 0 atom stereocenters. The van der Waals surface area contributed by atoms with E-state index < -0.39 is 4.92 Å². The fourth-order valence-electron chi connectivity index (χ4n) is 2.08. The zero-order chi connectivity index (χ0) is 20.8. The molecule has 1 aromatic heterocycles. The molecule has 0 radical (unpaired) electrons. The van der Waals surface area contributed by atoms with Gasteiger partial charge in [-0.2, -0.15) is 0 Å². The Morgan fingerprint density at radius 3 is 2.41 bits per heavy atom. The fraction of sp³-hybridized carbons (Fsp3) is 0.0588. The van der Waals surface area contributed by atoms with Crippen molar-refractivity contribution in [3.8, 4) is 0 Å². The van der Waals surface area contributed by atoms with Gasteiger partial charge in [-0.3, -0.25) is 25.0 Å². The van der Waals surface area contributed by atoms with E-state index in [4.69, 9.17) is 11.6 Å². The average Bonchev–Trinajstić information content (AvgIpc) is 3.14. The molecule has 2 N–H and O–H groups in total. The molecule has 12 heteroatoms. The third-order valence-electron chi connectivity index (χ3n) is 3.42. The predicted octanol–water partition coefficient (Wildman–Crippen LogP) is 4.08. The van der Waals surface area contributed by atoms with Crippen LogP contribution < -0.4 is 10.6 Å². The van der Waals surface area contributed by atoms with Crippen LogP contribution in [0.4, 0.5) is 16.5 Å². The van der Waals surface area contributed by atoms with Gasteiger partial charge in [0, 0.05) is 28.4 Å². The summed E-state index contributed by atoms with van der Waals surface area (Å²) in [5.41, 5.74) is 0.829. The molecule has 0 aliphatic rings. The zero-order valence-electron chi connectivity index (χ0n) is 14.5. The number of amides is 2. The first-order valence-electron chi connectivity index (χ1n) is 7.98. The molecule has 29 heavy (non-hydrogen) atoms. The van der Waals surface area contributed by atoms with Gasteiger partial charge in [-0.1, -0.05) is 34.7 Å². The Kier molecular flexibility index (Phi) is 6.75. The lowest BCUT2D eigenvalue weighted by molar-refractivity contribution is -0.384. The number of rotatable bonds is 7. The Hall–Kier alpha value is -3.02. The largest absolute Gasteiger partial charge is 0.325 e. The van der Waals surface area contributed by atoms with E-state index in [0.717, 1.165) is 23.1 Å². The minimum Gasteiger partial charge on any atom is -0.325 e. The number of nitrogens with one attached hydrogen (secondary N) is 2. The summed E-state index contributed by atoms with van der Waals surface area (Å²) in [6.45, 7) is 0. The number of halogens is 1. The number of anilines is 2. The fourth-order valence-corrected chi connectivity index (χ4v) is 3.75. The van der Waals surface area contributed by atoms with Gasteiger partial charge in [-0.05, 0) is 36.4 Å². The van der Waals surface area contributed by atoms with Crippen molar-refractivity contribution < 1.29 is 14.5 Å². The summed E-state index contributed by atoms with van der Waals surface area (Å²) in [4.78, 5) is 34.3. The maximum atomic E-state index is 12.1. The number of hydrogen-bond acceptors (Lipinski definition) is 8. The minimum atomic E-state index is -0.514. The molecule has 3 aromatic rings. The van der Waals surface area contributed by atoms with Crippen LogP contribution in [0.2, 0.25) is 5.02 Å². The van der Waals surface area contributed by atoms with Gasteiger partial charge in [-0.25, -0.2) is 0 Å². The van der Waals surface area contributed by atoms with Gasteiger partial charge in [0.15, 0.2) is 4.34 Å². The van der Waals surface area contributed by atoms with Gasteiger partial charge in [0.05, 0.1) is 10.7 Å². The molecule has 2 amide bonds. The molecule has 9 nitrogen and oxygen atoms in total. The molecule has 0 bridgehead atoms.